The molecule has 1 amide bonds. The van der Waals surface area contributed by atoms with Crippen LogP contribution in [-0.4, -0.2) is 31.3 Å². The summed E-state index contributed by atoms with van der Waals surface area (Å²) in [7, 11) is 0. The van der Waals surface area contributed by atoms with E-state index in [2.05, 4.69) is 19.9 Å². The topological polar surface area (TPSA) is 81.7 Å². The lowest BCUT2D eigenvalue weighted by Crippen LogP contribution is -2.06. The predicted octanol–water partition coefficient (Wildman–Crippen LogP) is 2.63. The normalized spacial score (nSPS) is 11.9. The standard InChI is InChI=1S/C13H9Cl2N5O2S/c1-2-22-9-6-8(14)17-12-19-13(23-20(9)12)18-11(21)7-4-3-5-16-10(7)15/h3-6H,2H2,1H3. The van der Waals surface area contributed by atoms with Gasteiger partial charge in [-0.15, -0.1) is 0 Å². The quantitative estimate of drug-likeness (QED) is 0.523. The number of hydrogen-bond donors (Lipinski definition) is 0. The van der Waals surface area contributed by atoms with Gasteiger partial charge in [0, 0.05) is 12.3 Å². The number of fused-ring (bicyclic) bond motifs is 1. The largest absolute Gasteiger partial charge is 0.478 e. The maximum absolute atomic E-state index is 12.2. The Hall–Kier alpha value is -2.03. The Kier molecular flexibility index (Phi) is 4.56. The smallest absolute Gasteiger partial charge is 0.282 e. The SMILES string of the molecule is CCOc1cc(Cl)nc2nc(=NC(=O)c3cccnc3Cl)sn12. The molecule has 0 bridgehead atoms. The first-order chi connectivity index (χ1) is 11.1. The van der Waals surface area contributed by atoms with Gasteiger partial charge in [-0.25, -0.2) is 4.98 Å². The Morgan fingerprint density at radius 2 is 2.26 bits per heavy atom. The summed E-state index contributed by atoms with van der Waals surface area (Å²) in [5.41, 5.74) is 0.203. The first kappa shape index (κ1) is 15.9. The van der Waals surface area contributed by atoms with Gasteiger partial charge in [-0.3, -0.25) is 4.79 Å². The van der Waals surface area contributed by atoms with E-state index in [1.54, 1.807) is 22.0 Å². The molecule has 23 heavy (non-hydrogen) atoms. The number of halogens is 2. The van der Waals surface area contributed by atoms with Gasteiger partial charge >= 0.3 is 0 Å². The van der Waals surface area contributed by atoms with E-state index < -0.39 is 5.91 Å². The first-order valence-corrected chi connectivity index (χ1v) is 8.00. The zero-order valence-corrected chi connectivity index (χ0v) is 14.1. The fourth-order valence-electron chi connectivity index (χ4n) is 1.76. The average molecular weight is 370 g/mol. The fourth-order valence-corrected chi connectivity index (χ4v) is 2.90. The number of rotatable bonds is 3. The van der Waals surface area contributed by atoms with E-state index >= 15 is 0 Å². The molecule has 0 N–H and O–H groups in total. The second-order valence-electron chi connectivity index (χ2n) is 4.19. The number of carbonyl (C=O) groups excluding carboxylic acids is 1. The molecule has 3 aromatic rings. The number of hydrogen-bond acceptors (Lipinski definition) is 6. The molecule has 7 nitrogen and oxygen atoms in total. The molecule has 10 heteroatoms. The molecule has 0 fully saturated rings. The van der Waals surface area contributed by atoms with Gasteiger partial charge in [-0.05, 0) is 30.6 Å². The van der Waals surface area contributed by atoms with Crippen LogP contribution < -0.4 is 9.54 Å². The van der Waals surface area contributed by atoms with Crippen LogP contribution in [0, 0.1) is 0 Å². The Morgan fingerprint density at radius 3 is 3.00 bits per heavy atom. The van der Waals surface area contributed by atoms with Crippen LogP contribution in [0.2, 0.25) is 10.3 Å². The summed E-state index contributed by atoms with van der Waals surface area (Å²) in [5.74, 6) is 0.245. The molecule has 0 radical (unpaired) electrons. The third kappa shape index (κ3) is 3.34. The molecule has 3 rings (SSSR count). The molecule has 0 unspecified atom stereocenters. The van der Waals surface area contributed by atoms with Crippen LogP contribution in [0.25, 0.3) is 5.78 Å². The van der Waals surface area contributed by atoms with Crippen molar-refractivity contribution >= 4 is 46.4 Å². The van der Waals surface area contributed by atoms with E-state index in [1.165, 1.54) is 6.20 Å². The van der Waals surface area contributed by atoms with Crippen molar-refractivity contribution in [3.63, 3.8) is 0 Å². The Balaban J connectivity index is 2.08. The third-order valence-electron chi connectivity index (χ3n) is 2.68. The van der Waals surface area contributed by atoms with Crippen molar-refractivity contribution < 1.29 is 9.53 Å². The summed E-state index contributed by atoms with van der Waals surface area (Å²) in [5, 5.41) is 0.332. The van der Waals surface area contributed by atoms with Crippen LogP contribution in [0.4, 0.5) is 0 Å². The highest BCUT2D eigenvalue weighted by molar-refractivity contribution is 7.03. The summed E-state index contributed by atoms with van der Waals surface area (Å²) < 4.78 is 7.08. The molecule has 0 aliphatic carbocycles. The molecule has 0 saturated carbocycles. The number of carbonyl (C=O) groups is 1. The lowest BCUT2D eigenvalue weighted by Gasteiger charge is -2.04. The molecule has 0 spiro atoms. The molecule has 118 valence electrons. The van der Waals surface area contributed by atoms with E-state index in [0.29, 0.717) is 18.3 Å². The maximum Gasteiger partial charge on any atom is 0.282 e. The van der Waals surface area contributed by atoms with E-state index in [1.807, 2.05) is 6.92 Å². The van der Waals surface area contributed by atoms with Crippen molar-refractivity contribution in [2.45, 2.75) is 6.92 Å². The molecule has 0 atom stereocenters. The van der Waals surface area contributed by atoms with Gasteiger partial charge < -0.3 is 4.74 Å². The van der Waals surface area contributed by atoms with Crippen molar-refractivity contribution in [2.75, 3.05) is 6.61 Å². The first-order valence-electron chi connectivity index (χ1n) is 6.47. The van der Waals surface area contributed by atoms with Crippen molar-refractivity contribution in [1.29, 1.82) is 0 Å². The highest BCUT2D eigenvalue weighted by atomic mass is 35.5. The average Bonchev–Trinajstić information content (AvgIpc) is 2.90. The Bertz CT molecular complexity index is 953. The third-order valence-corrected chi connectivity index (χ3v) is 4.05. The van der Waals surface area contributed by atoms with E-state index in [-0.39, 0.29) is 20.7 Å². The molecular weight excluding hydrogens is 361 g/mol. The highest BCUT2D eigenvalue weighted by Gasteiger charge is 2.12. The summed E-state index contributed by atoms with van der Waals surface area (Å²) in [6.45, 7) is 2.30. The minimum atomic E-state index is -0.535. The molecule has 0 aliphatic heterocycles. The second-order valence-corrected chi connectivity index (χ2v) is 5.85. The molecule has 0 aromatic carbocycles. The van der Waals surface area contributed by atoms with Crippen molar-refractivity contribution in [3.8, 4) is 5.88 Å². The van der Waals surface area contributed by atoms with E-state index in [9.17, 15) is 4.79 Å². The summed E-state index contributed by atoms with van der Waals surface area (Å²) in [6.07, 6.45) is 1.49. The van der Waals surface area contributed by atoms with Gasteiger partial charge in [0.15, 0.2) is 0 Å². The van der Waals surface area contributed by atoms with Crippen LogP contribution in [0.1, 0.15) is 17.3 Å². The van der Waals surface area contributed by atoms with E-state index in [0.717, 1.165) is 11.5 Å². The lowest BCUT2D eigenvalue weighted by molar-refractivity contribution is 0.0998. The van der Waals surface area contributed by atoms with Gasteiger partial charge in [0.05, 0.1) is 12.2 Å². The van der Waals surface area contributed by atoms with Gasteiger partial charge in [-0.2, -0.15) is 18.8 Å². The van der Waals surface area contributed by atoms with Crippen molar-refractivity contribution in [3.05, 3.63) is 45.1 Å². The molecule has 3 aromatic heterocycles. The van der Waals surface area contributed by atoms with Gasteiger partial charge in [0.25, 0.3) is 11.7 Å². The van der Waals surface area contributed by atoms with Gasteiger partial charge in [0.2, 0.25) is 10.7 Å². The zero-order valence-electron chi connectivity index (χ0n) is 11.7. The maximum atomic E-state index is 12.2. The summed E-state index contributed by atoms with van der Waals surface area (Å²) in [6, 6.07) is 4.72. The molecule has 3 heterocycles. The fraction of sp³-hybridized carbons (Fsp3) is 0.154. The number of amides is 1. The number of pyridine rings is 1. The van der Waals surface area contributed by atoms with Crippen molar-refractivity contribution in [2.24, 2.45) is 4.99 Å². The van der Waals surface area contributed by atoms with Gasteiger partial charge in [-0.1, -0.05) is 23.2 Å². The lowest BCUT2D eigenvalue weighted by atomic mass is 10.3. The van der Waals surface area contributed by atoms with Crippen LogP contribution in [0.5, 0.6) is 5.88 Å². The number of ether oxygens (including phenoxy) is 1. The number of aromatic nitrogens is 4. The Labute approximate surface area is 144 Å². The zero-order chi connectivity index (χ0) is 16.4. The summed E-state index contributed by atoms with van der Waals surface area (Å²) in [4.78, 5) is 28.4. The minimum Gasteiger partial charge on any atom is -0.478 e. The second kappa shape index (κ2) is 6.61. The minimum absolute atomic E-state index is 0.0891. The number of nitrogens with zero attached hydrogens (tertiary/aromatic N) is 5. The highest BCUT2D eigenvalue weighted by Crippen LogP contribution is 2.19. The predicted molar refractivity (Wildman–Crippen MR) is 86.2 cm³/mol. The van der Waals surface area contributed by atoms with Crippen molar-refractivity contribution in [1.82, 2.24) is 18.7 Å². The molecular formula is C13H9Cl2N5O2S. The van der Waals surface area contributed by atoms with Crippen LogP contribution >= 0.6 is 34.7 Å². The Morgan fingerprint density at radius 1 is 1.43 bits per heavy atom. The van der Waals surface area contributed by atoms with Gasteiger partial charge in [0.1, 0.15) is 10.3 Å². The van der Waals surface area contributed by atoms with E-state index in [4.69, 9.17) is 27.9 Å². The van der Waals surface area contributed by atoms with Crippen LogP contribution in [0.15, 0.2) is 29.4 Å². The van der Waals surface area contributed by atoms with Crippen LogP contribution in [0.3, 0.4) is 0 Å². The van der Waals surface area contributed by atoms with Crippen LogP contribution in [-0.2, 0) is 0 Å². The summed E-state index contributed by atoms with van der Waals surface area (Å²) >= 11 is 12.9. The monoisotopic (exact) mass is 369 g/mol. The molecule has 0 aliphatic rings. The molecule has 0 saturated heterocycles.